The van der Waals surface area contributed by atoms with Crippen LogP contribution >= 0.6 is 0 Å². The highest BCUT2D eigenvalue weighted by Gasteiger charge is 2.07. The normalized spacial score (nSPS) is 12.6. The number of para-hydroxylation sites is 1. The van der Waals surface area contributed by atoms with Crippen molar-refractivity contribution in [2.45, 2.75) is 6.10 Å². The van der Waals surface area contributed by atoms with Gasteiger partial charge in [-0.1, -0.05) is 12.1 Å². The van der Waals surface area contributed by atoms with Gasteiger partial charge in [-0.3, -0.25) is 4.79 Å². The summed E-state index contributed by atoms with van der Waals surface area (Å²) in [7, 11) is 0. The molecule has 0 aliphatic heterocycles. The third kappa shape index (κ3) is 2.64. The van der Waals surface area contributed by atoms with E-state index in [2.05, 4.69) is 0 Å². The van der Waals surface area contributed by atoms with Crippen LogP contribution in [0.4, 0.5) is 0 Å². The molecule has 1 aromatic heterocycles. The van der Waals surface area contributed by atoms with Gasteiger partial charge in [0.05, 0.1) is 18.1 Å². The van der Waals surface area contributed by atoms with Gasteiger partial charge in [0.1, 0.15) is 18.3 Å². The van der Waals surface area contributed by atoms with Gasteiger partial charge >= 0.3 is 0 Å². The molecule has 1 aromatic carbocycles. The van der Waals surface area contributed by atoms with Crippen LogP contribution in [-0.2, 0) is 0 Å². The van der Waals surface area contributed by atoms with Crippen LogP contribution in [0.15, 0.2) is 39.5 Å². The van der Waals surface area contributed by atoms with Gasteiger partial charge in [-0.05, 0) is 12.1 Å². The monoisotopic (exact) mass is 236 g/mol. The molecule has 0 aliphatic rings. The number of benzene rings is 1. The lowest BCUT2D eigenvalue weighted by atomic mass is 10.2. The summed E-state index contributed by atoms with van der Waals surface area (Å²) in [5.74, 6) is 0.0289. The average Bonchev–Trinajstić information content (AvgIpc) is 2.36. The highest BCUT2D eigenvalue weighted by Crippen LogP contribution is 2.16. The summed E-state index contributed by atoms with van der Waals surface area (Å²) in [5, 5.41) is 18.2. The lowest BCUT2D eigenvalue weighted by Gasteiger charge is -2.08. The highest BCUT2D eigenvalue weighted by molar-refractivity contribution is 5.76. The molecule has 2 N–H and O–H groups in total. The van der Waals surface area contributed by atoms with E-state index in [0.717, 1.165) is 0 Å². The standard InChI is InChI=1S/C12H12O5/c13-6-8(14)7-16-12-5-10(15)9-3-1-2-4-11(9)17-12/h1-5,8,13-14H,6-7H2. The van der Waals surface area contributed by atoms with Crippen LogP contribution in [0.25, 0.3) is 11.0 Å². The number of hydrogen-bond donors (Lipinski definition) is 2. The Kier molecular flexibility index (Phi) is 3.41. The second-order valence-electron chi connectivity index (χ2n) is 3.57. The van der Waals surface area contributed by atoms with Crippen molar-refractivity contribution in [1.29, 1.82) is 0 Å². The van der Waals surface area contributed by atoms with Gasteiger partial charge < -0.3 is 19.4 Å². The van der Waals surface area contributed by atoms with Crippen LogP contribution in [0.1, 0.15) is 0 Å². The van der Waals surface area contributed by atoms with E-state index in [4.69, 9.17) is 19.4 Å². The second kappa shape index (κ2) is 4.99. The zero-order valence-electron chi connectivity index (χ0n) is 9.00. The Morgan fingerprint density at radius 1 is 1.35 bits per heavy atom. The third-order valence-electron chi connectivity index (χ3n) is 2.24. The van der Waals surface area contributed by atoms with Crippen LogP contribution in [0.5, 0.6) is 5.95 Å². The van der Waals surface area contributed by atoms with E-state index in [1.807, 2.05) is 0 Å². The number of aliphatic hydroxyl groups is 2. The topological polar surface area (TPSA) is 79.9 Å². The molecule has 2 aromatic rings. The zero-order valence-corrected chi connectivity index (χ0v) is 9.00. The molecular formula is C12H12O5. The van der Waals surface area contributed by atoms with Gasteiger partial charge in [-0.15, -0.1) is 0 Å². The molecule has 17 heavy (non-hydrogen) atoms. The summed E-state index contributed by atoms with van der Waals surface area (Å²) in [6.07, 6.45) is -0.994. The van der Waals surface area contributed by atoms with Gasteiger partial charge in [0.2, 0.25) is 0 Å². The largest absolute Gasteiger partial charge is 0.462 e. The summed E-state index contributed by atoms with van der Waals surface area (Å²) in [6.45, 7) is -0.532. The minimum Gasteiger partial charge on any atom is -0.462 e. The number of ether oxygens (including phenoxy) is 1. The molecule has 0 aliphatic carbocycles. The average molecular weight is 236 g/mol. The first-order valence-electron chi connectivity index (χ1n) is 5.15. The SMILES string of the molecule is O=c1cc(OCC(O)CO)oc2ccccc12. The van der Waals surface area contributed by atoms with Gasteiger partial charge in [0, 0.05) is 0 Å². The lowest BCUT2D eigenvalue weighted by Crippen LogP contribution is -2.21. The molecule has 2 rings (SSSR count). The molecule has 0 radical (unpaired) electrons. The molecule has 0 amide bonds. The van der Waals surface area contributed by atoms with Crippen molar-refractivity contribution in [1.82, 2.24) is 0 Å². The van der Waals surface area contributed by atoms with Gasteiger partial charge in [0.15, 0.2) is 5.43 Å². The first-order chi connectivity index (χ1) is 8.20. The zero-order chi connectivity index (χ0) is 12.3. The Balaban J connectivity index is 2.28. The first kappa shape index (κ1) is 11.6. The molecule has 1 heterocycles. The van der Waals surface area contributed by atoms with E-state index in [0.29, 0.717) is 11.0 Å². The van der Waals surface area contributed by atoms with Gasteiger partial charge in [0.25, 0.3) is 5.95 Å². The summed E-state index contributed by atoms with van der Waals surface area (Å²) in [4.78, 5) is 11.7. The minimum atomic E-state index is -0.994. The Bertz CT molecular complexity index is 560. The fourth-order valence-electron chi connectivity index (χ4n) is 1.38. The van der Waals surface area contributed by atoms with Crippen molar-refractivity contribution in [2.75, 3.05) is 13.2 Å². The van der Waals surface area contributed by atoms with Crippen molar-refractivity contribution < 1.29 is 19.4 Å². The molecule has 5 heteroatoms. The molecule has 1 atom stereocenters. The first-order valence-corrected chi connectivity index (χ1v) is 5.15. The van der Waals surface area contributed by atoms with Gasteiger partial charge in [-0.2, -0.15) is 0 Å². The summed E-state index contributed by atoms with van der Waals surface area (Å²) in [5.41, 5.74) is 0.217. The molecule has 1 unspecified atom stereocenters. The number of rotatable bonds is 4. The Labute approximate surface area is 96.9 Å². The van der Waals surface area contributed by atoms with E-state index >= 15 is 0 Å². The van der Waals surface area contributed by atoms with Crippen LogP contribution in [0.3, 0.4) is 0 Å². The molecule has 0 spiro atoms. The molecule has 0 bridgehead atoms. The molecule has 5 nitrogen and oxygen atoms in total. The van der Waals surface area contributed by atoms with Crippen molar-refractivity contribution in [3.8, 4) is 5.95 Å². The molecule has 0 saturated heterocycles. The maximum Gasteiger partial charge on any atom is 0.288 e. The van der Waals surface area contributed by atoms with E-state index in [-0.39, 0.29) is 18.0 Å². The maximum atomic E-state index is 11.7. The molecular weight excluding hydrogens is 224 g/mol. The van der Waals surface area contributed by atoms with Crippen molar-refractivity contribution >= 4 is 11.0 Å². The van der Waals surface area contributed by atoms with Crippen LogP contribution in [-0.4, -0.2) is 29.5 Å². The summed E-state index contributed by atoms with van der Waals surface area (Å²) in [6, 6.07) is 8.03. The lowest BCUT2D eigenvalue weighted by molar-refractivity contribution is 0.0456. The molecule has 0 saturated carbocycles. The summed E-state index contributed by atoms with van der Waals surface area (Å²) >= 11 is 0. The van der Waals surface area contributed by atoms with E-state index in [1.165, 1.54) is 6.07 Å². The fraction of sp³-hybridized carbons (Fsp3) is 0.250. The van der Waals surface area contributed by atoms with Crippen molar-refractivity contribution in [3.05, 3.63) is 40.6 Å². The van der Waals surface area contributed by atoms with Crippen LogP contribution in [0.2, 0.25) is 0 Å². The number of aliphatic hydroxyl groups excluding tert-OH is 2. The Hall–Kier alpha value is -1.85. The quantitative estimate of drug-likeness (QED) is 0.809. The summed E-state index contributed by atoms with van der Waals surface area (Å²) < 4.78 is 10.4. The molecule has 90 valence electrons. The minimum absolute atomic E-state index is 0.0289. The maximum absolute atomic E-state index is 11.7. The van der Waals surface area contributed by atoms with Crippen LogP contribution < -0.4 is 10.2 Å². The highest BCUT2D eigenvalue weighted by atomic mass is 16.6. The van der Waals surface area contributed by atoms with Crippen molar-refractivity contribution in [2.24, 2.45) is 0 Å². The fourth-order valence-corrected chi connectivity index (χ4v) is 1.38. The van der Waals surface area contributed by atoms with E-state index < -0.39 is 12.7 Å². The smallest absolute Gasteiger partial charge is 0.288 e. The van der Waals surface area contributed by atoms with E-state index in [9.17, 15) is 4.79 Å². The van der Waals surface area contributed by atoms with Gasteiger partial charge in [-0.25, -0.2) is 0 Å². The Morgan fingerprint density at radius 2 is 2.12 bits per heavy atom. The molecule has 0 fully saturated rings. The second-order valence-corrected chi connectivity index (χ2v) is 3.57. The number of fused-ring (bicyclic) bond motifs is 1. The number of hydrogen-bond acceptors (Lipinski definition) is 5. The third-order valence-corrected chi connectivity index (χ3v) is 2.24. The van der Waals surface area contributed by atoms with Crippen LogP contribution in [0, 0.1) is 0 Å². The van der Waals surface area contributed by atoms with Crippen molar-refractivity contribution in [3.63, 3.8) is 0 Å². The van der Waals surface area contributed by atoms with E-state index in [1.54, 1.807) is 24.3 Å². The Morgan fingerprint density at radius 3 is 2.88 bits per heavy atom. The predicted molar refractivity (Wildman–Crippen MR) is 61.1 cm³/mol. The predicted octanol–water partition coefficient (Wildman–Crippen LogP) is 0.525.